The first-order chi connectivity index (χ1) is 6.29. The molecule has 0 bridgehead atoms. The Labute approximate surface area is 84.9 Å². The third-order valence-electron chi connectivity index (χ3n) is 1.70. The highest BCUT2D eigenvalue weighted by atomic mass is 32.1. The van der Waals surface area contributed by atoms with Crippen molar-refractivity contribution in [3.05, 3.63) is 34.0 Å². The second kappa shape index (κ2) is 3.33. The van der Waals surface area contributed by atoms with E-state index in [2.05, 4.69) is 25.1 Å². The Balaban J connectivity index is 2.42. The minimum absolute atomic E-state index is 0.779. The topological polar surface area (TPSA) is 23.8 Å². The lowest BCUT2D eigenvalue weighted by Gasteiger charge is -1.86. The summed E-state index contributed by atoms with van der Waals surface area (Å²) < 4.78 is 0. The lowest BCUT2D eigenvalue weighted by atomic mass is 10.3. The zero-order chi connectivity index (χ0) is 9.26. The third kappa shape index (κ3) is 1.64. The first kappa shape index (κ1) is 8.49. The highest BCUT2D eigenvalue weighted by Crippen LogP contribution is 2.32. The quantitative estimate of drug-likeness (QED) is 0.697. The maximum atomic E-state index is 8.67. The Morgan fingerprint density at radius 2 is 1.77 bits per heavy atom. The molecule has 0 unspecified atom stereocenters. The Kier molecular flexibility index (Phi) is 2.17. The predicted molar refractivity (Wildman–Crippen MR) is 57.1 cm³/mol. The number of hydrogen-bond donors (Lipinski definition) is 0. The lowest BCUT2D eigenvalue weighted by Crippen LogP contribution is -1.56. The molecule has 0 spiro atoms. The first-order valence-corrected chi connectivity index (χ1v) is 5.49. The largest absolute Gasteiger partial charge is 0.192 e. The second-order valence-corrected chi connectivity index (χ2v) is 5.06. The van der Waals surface area contributed by atoms with Gasteiger partial charge in [0, 0.05) is 14.6 Å². The maximum Gasteiger partial charge on any atom is 0.110 e. The zero-order valence-corrected chi connectivity index (χ0v) is 8.71. The first-order valence-electron chi connectivity index (χ1n) is 3.86. The van der Waals surface area contributed by atoms with E-state index in [1.54, 1.807) is 22.7 Å². The molecular weight excluding hydrogens is 198 g/mol. The van der Waals surface area contributed by atoms with E-state index in [1.807, 2.05) is 12.1 Å². The molecule has 0 fully saturated rings. The van der Waals surface area contributed by atoms with Crippen molar-refractivity contribution in [1.29, 1.82) is 5.26 Å². The van der Waals surface area contributed by atoms with E-state index in [1.165, 1.54) is 14.6 Å². The van der Waals surface area contributed by atoms with Gasteiger partial charge in [-0.3, -0.25) is 0 Å². The third-order valence-corrected chi connectivity index (χ3v) is 3.89. The molecule has 0 aliphatic heterocycles. The molecule has 3 heteroatoms. The number of hydrogen-bond acceptors (Lipinski definition) is 3. The maximum absolute atomic E-state index is 8.67. The Morgan fingerprint density at radius 1 is 1.08 bits per heavy atom. The van der Waals surface area contributed by atoms with Crippen molar-refractivity contribution < 1.29 is 0 Å². The van der Waals surface area contributed by atoms with E-state index in [9.17, 15) is 0 Å². The molecule has 64 valence electrons. The molecule has 2 rings (SSSR count). The molecule has 2 aromatic rings. The zero-order valence-electron chi connectivity index (χ0n) is 7.07. The van der Waals surface area contributed by atoms with Crippen LogP contribution in [0.2, 0.25) is 0 Å². The van der Waals surface area contributed by atoms with Crippen LogP contribution in [-0.2, 0) is 0 Å². The number of thiophene rings is 2. The van der Waals surface area contributed by atoms with E-state index < -0.39 is 0 Å². The second-order valence-electron chi connectivity index (χ2n) is 2.69. The van der Waals surface area contributed by atoms with Crippen LogP contribution in [0.3, 0.4) is 0 Å². The molecule has 0 N–H and O–H groups in total. The van der Waals surface area contributed by atoms with Crippen LogP contribution in [0.5, 0.6) is 0 Å². The van der Waals surface area contributed by atoms with Crippen molar-refractivity contribution in [2.24, 2.45) is 0 Å². The number of nitriles is 1. The summed E-state index contributed by atoms with van der Waals surface area (Å²) in [6.07, 6.45) is 0. The van der Waals surface area contributed by atoms with Gasteiger partial charge in [-0.05, 0) is 31.2 Å². The molecule has 1 nitrogen and oxygen atoms in total. The molecule has 2 aromatic heterocycles. The van der Waals surface area contributed by atoms with Crippen molar-refractivity contribution in [2.75, 3.05) is 0 Å². The van der Waals surface area contributed by atoms with Gasteiger partial charge in [-0.2, -0.15) is 5.26 Å². The monoisotopic (exact) mass is 205 g/mol. The van der Waals surface area contributed by atoms with Crippen LogP contribution in [-0.4, -0.2) is 0 Å². The molecule has 2 heterocycles. The smallest absolute Gasteiger partial charge is 0.110 e. The summed E-state index contributed by atoms with van der Waals surface area (Å²) in [6.45, 7) is 2.09. The van der Waals surface area contributed by atoms with Gasteiger partial charge in [0.05, 0.1) is 0 Å². The van der Waals surface area contributed by atoms with Gasteiger partial charge in [0.25, 0.3) is 0 Å². The summed E-state index contributed by atoms with van der Waals surface area (Å²) in [6, 6.07) is 10.2. The van der Waals surface area contributed by atoms with Crippen LogP contribution in [0.4, 0.5) is 0 Å². The van der Waals surface area contributed by atoms with E-state index in [4.69, 9.17) is 5.26 Å². The van der Waals surface area contributed by atoms with Gasteiger partial charge in [-0.1, -0.05) is 0 Å². The normalized spacial score (nSPS) is 9.85. The molecule has 0 radical (unpaired) electrons. The molecular formula is C10H7NS2. The summed E-state index contributed by atoms with van der Waals surface area (Å²) >= 11 is 3.31. The highest BCUT2D eigenvalue weighted by Gasteiger charge is 2.03. The van der Waals surface area contributed by atoms with Gasteiger partial charge < -0.3 is 0 Å². The molecule has 0 amide bonds. The van der Waals surface area contributed by atoms with Crippen LogP contribution < -0.4 is 0 Å². The van der Waals surface area contributed by atoms with Gasteiger partial charge >= 0.3 is 0 Å². The van der Waals surface area contributed by atoms with Crippen molar-refractivity contribution in [3.8, 4) is 15.8 Å². The summed E-state index contributed by atoms with van der Waals surface area (Å²) in [5, 5.41) is 8.67. The Bertz CT molecular complexity index is 459. The Morgan fingerprint density at radius 3 is 2.31 bits per heavy atom. The minimum Gasteiger partial charge on any atom is -0.192 e. The number of nitrogens with zero attached hydrogens (tertiary/aromatic N) is 1. The van der Waals surface area contributed by atoms with Crippen LogP contribution in [0.15, 0.2) is 24.3 Å². The summed E-state index contributed by atoms with van der Waals surface area (Å²) in [5.41, 5.74) is 0. The van der Waals surface area contributed by atoms with Gasteiger partial charge in [0.2, 0.25) is 0 Å². The van der Waals surface area contributed by atoms with Gasteiger partial charge in [-0.15, -0.1) is 22.7 Å². The summed E-state index contributed by atoms with van der Waals surface area (Å²) in [7, 11) is 0. The van der Waals surface area contributed by atoms with E-state index in [0.717, 1.165) is 4.88 Å². The van der Waals surface area contributed by atoms with Crippen LogP contribution in [0, 0.1) is 18.3 Å². The molecule has 0 aromatic carbocycles. The highest BCUT2D eigenvalue weighted by molar-refractivity contribution is 7.22. The van der Waals surface area contributed by atoms with Gasteiger partial charge in [0.1, 0.15) is 10.9 Å². The fraction of sp³-hybridized carbons (Fsp3) is 0.100. The average Bonchev–Trinajstić information content (AvgIpc) is 2.71. The molecule has 0 aliphatic carbocycles. The Hall–Kier alpha value is -1.11. The van der Waals surface area contributed by atoms with E-state index in [0.29, 0.717) is 0 Å². The molecule has 0 saturated heterocycles. The summed E-state index contributed by atoms with van der Waals surface area (Å²) in [5.74, 6) is 0. The van der Waals surface area contributed by atoms with Crippen LogP contribution in [0.25, 0.3) is 9.75 Å². The fourth-order valence-corrected chi connectivity index (χ4v) is 2.86. The van der Waals surface area contributed by atoms with Gasteiger partial charge in [0.15, 0.2) is 0 Å². The standard InChI is InChI=1S/C10H7NS2/c1-7-2-4-9(12-7)10-5-3-8(6-11)13-10/h2-5H,1H3. The van der Waals surface area contributed by atoms with Crippen molar-refractivity contribution in [3.63, 3.8) is 0 Å². The predicted octanol–water partition coefficient (Wildman–Crippen LogP) is 3.66. The minimum atomic E-state index is 0.779. The van der Waals surface area contributed by atoms with Crippen molar-refractivity contribution >= 4 is 22.7 Å². The molecule has 0 aliphatic rings. The van der Waals surface area contributed by atoms with Crippen molar-refractivity contribution in [2.45, 2.75) is 6.92 Å². The molecule has 0 saturated carbocycles. The SMILES string of the molecule is Cc1ccc(-c2ccc(C#N)s2)s1. The van der Waals surface area contributed by atoms with E-state index >= 15 is 0 Å². The van der Waals surface area contributed by atoms with Crippen LogP contribution >= 0.6 is 22.7 Å². The molecule has 0 atom stereocenters. The van der Waals surface area contributed by atoms with Gasteiger partial charge in [-0.25, -0.2) is 0 Å². The average molecular weight is 205 g/mol. The number of rotatable bonds is 1. The fourth-order valence-electron chi connectivity index (χ4n) is 1.10. The molecule has 13 heavy (non-hydrogen) atoms. The summed E-state index contributed by atoms with van der Waals surface area (Å²) in [4.78, 5) is 4.53. The van der Waals surface area contributed by atoms with Crippen molar-refractivity contribution in [1.82, 2.24) is 0 Å². The lowest BCUT2D eigenvalue weighted by molar-refractivity contribution is 1.52. The number of aryl methyl sites for hydroxylation is 1. The van der Waals surface area contributed by atoms with E-state index in [-0.39, 0.29) is 0 Å². The van der Waals surface area contributed by atoms with Crippen LogP contribution in [0.1, 0.15) is 9.75 Å².